The fourth-order valence-electron chi connectivity index (χ4n) is 2.99. The number of aryl methyl sites for hydroxylation is 1. The van der Waals surface area contributed by atoms with Crippen molar-refractivity contribution in [2.75, 3.05) is 5.32 Å². The van der Waals surface area contributed by atoms with Gasteiger partial charge in [-0.1, -0.05) is 24.4 Å². The largest absolute Gasteiger partial charge is 0.312 e. The van der Waals surface area contributed by atoms with Crippen LogP contribution >= 0.6 is 22.9 Å². The van der Waals surface area contributed by atoms with Gasteiger partial charge in [-0.25, -0.2) is 8.78 Å². The van der Waals surface area contributed by atoms with E-state index < -0.39 is 17.5 Å². The second-order valence-electron chi connectivity index (χ2n) is 5.93. The third kappa shape index (κ3) is 3.68. The zero-order chi connectivity index (χ0) is 18.0. The van der Waals surface area contributed by atoms with Crippen molar-refractivity contribution in [3.8, 4) is 6.07 Å². The van der Waals surface area contributed by atoms with Crippen LogP contribution in [0.1, 0.15) is 52.0 Å². The molecule has 1 aliphatic rings. The Balaban J connectivity index is 1.93. The number of amides is 1. The topological polar surface area (TPSA) is 52.9 Å². The van der Waals surface area contributed by atoms with E-state index in [2.05, 4.69) is 11.4 Å². The average molecular weight is 381 g/mol. The predicted molar refractivity (Wildman–Crippen MR) is 94.2 cm³/mol. The quantitative estimate of drug-likeness (QED) is 0.703. The fourth-order valence-corrected chi connectivity index (χ4v) is 4.46. The first-order chi connectivity index (χ1) is 12.0. The summed E-state index contributed by atoms with van der Waals surface area (Å²) in [7, 11) is 0. The van der Waals surface area contributed by atoms with Crippen LogP contribution in [0.5, 0.6) is 0 Å². The Labute approximate surface area is 153 Å². The van der Waals surface area contributed by atoms with Gasteiger partial charge in [0.15, 0.2) is 11.6 Å². The van der Waals surface area contributed by atoms with E-state index in [1.54, 1.807) is 0 Å². The van der Waals surface area contributed by atoms with E-state index in [4.69, 9.17) is 11.6 Å². The van der Waals surface area contributed by atoms with Crippen molar-refractivity contribution in [1.82, 2.24) is 0 Å². The minimum Gasteiger partial charge on any atom is -0.312 e. The number of halogens is 3. The van der Waals surface area contributed by atoms with Crippen LogP contribution in [0.3, 0.4) is 0 Å². The lowest BCUT2D eigenvalue weighted by Gasteiger charge is -2.09. The maximum Gasteiger partial charge on any atom is 0.257 e. The number of benzene rings is 1. The standard InChI is InChI=1S/C18H15ClF2N2OS/c19-13-8-15(21)14(20)7-11(13)17(24)23-18-12(9-22)10-5-3-1-2-4-6-16(10)25-18/h7-8H,1-6H2,(H,23,24). The predicted octanol–water partition coefficient (Wildman–Crippen LogP) is 5.46. The van der Waals surface area contributed by atoms with Crippen LogP contribution in [0.15, 0.2) is 12.1 Å². The molecule has 0 aliphatic heterocycles. The van der Waals surface area contributed by atoms with E-state index in [0.29, 0.717) is 10.6 Å². The highest BCUT2D eigenvalue weighted by atomic mass is 35.5. The highest BCUT2D eigenvalue weighted by Crippen LogP contribution is 2.37. The maximum atomic E-state index is 13.4. The molecule has 1 aliphatic carbocycles. The van der Waals surface area contributed by atoms with E-state index in [1.165, 1.54) is 11.3 Å². The Morgan fingerprint density at radius 2 is 1.84 bits per heavy atom. The van der Waals surface area contributed by atoms with Gasteiger partial charge in [-0.3, -0.25) is 4.79 Å². The van der Waals surface area contributed by atoms with Crippen molar-refractivity contribution in [1.29, 1.82) is 5.26 Å². The molecule has 0 fully saturated rings. The van der Waals surface area contributed by atoms with E-state index in [9.17, 15) is 18.8 Å². The second-order valence-corrected chi connectivity index (χ2v) is 7.45. The van der Waals surface area contributed by atoms with Crippen molar-refractivity contribution in [3.05, 3.63) is 50.4 Å². The molecule has 3 rings (SSSR count). The van der Waals surface area contributed by atoms with Crippen molar-refractivity contribution < 1.29 is 13.6 Å². The SMILES string of the molecule is N#Cc1c(NC(=O)c2cc(F)c(F)cc2Cl)sc2c1CCCCCC2. The normalized spacial score (nSPS) is 14.2. The van der Waals surface area contributed by atoms with Gasteiger partial charge >= 0.3 is 0 Å². The van der Waals surface area contributed by atoms with Gasteiger partial charge in [-0.2, -0.15) is 5.26 Å². The van der Waals surface area contributed by atoms with Crippen LogP contribution in [0.4, 0.5) is 13.8 Å². The highest BCUT2D eigenvalue weighted by molar-refractivity contribution is 7.16. The number of thiophene rings is 1. The Hall–Kier alpha value is -1.97. The van der Waals surface area contributed by atoms with Crippen molar-refractivity contribution in [3.63, 3.8) is 0 Å². The lowest BCUT2D eigenvalue weighted by Crippen LogP contribution is -2.13. The molecule has 0 radical (unpaired) electrons. The molecule has 130 valence electrons. The highest BCUT2D eigenvalue weighted by Gasteiger charge is 2.22. The molecule has 0 bridgehead atoms. The van der Waals surface area contributed by atoms with Gasteiger partial charge in [0.05, 0.1) is 16.1 Å². The summed E-state index contributed by atoms with van der Waals surface area (Å²) in [5.74, 6) is -2.92. The molecule has 1 aromatic carbocycles. The third-order valence-corrected chi connectivity index (χ3v) is 5.78. The number of carbonyl (C=O) groups excluding carboxylic acids is 1. The number of rotatable bonds is 2. The minimum absolute atomic E-state index is 0.162. The first-order valence-electron chi connectivity index (χ1n) is 8.01. The molecule has 7 heteroatoms. The van der Waals surface area contributed by atoms with Crippen molar-refractivity contribution >= 4 is 33.8 Å². The Morgan fingerprint density at radius 3 is 2.56 bits per heavy atom. The zero-order valence-electron chi connectivity index (χ0n) is 13.3. The molecular weight excluding hydrogens is 366 g/mol. The number of carbonyl (C=O) groups is 1. The van der Waals surface area contributed by atoms with Gasteiger partial charge in [0, 0.05) is 4.88 Å². The van der Waals surface area contributed by atoms with E-state index in [-0.39, 0.29) is 10.6 Å². The molecular formula is C18H15ClF2N2OS. The molecule has 0 atom stereocenters. The smallest absolute Gasteiger partial charge is 0.257 e. The van der Waals surface area contributed by atoms with E-state index in [1.807, 2.05) is 0 Å². The van der Waals surface area contributed by atoms with Crippen LogP contribution in [0.25, 0.3) is 0 Å². The molecule has 0 saturated carbocycles. The van der Waals surface area contributed by atoms with Gasteiger partial charge in [0.1, 0.15) is 11.1 Å². The lowest BCUT2D eigenvalue weighted by molar-refractivity contribution is 0.102. The van der Waals surface area contributed by atoms with Gasteiger partial charge < -0.3 is 5.32 Å². The molecule has 1 heterocycles. The summed E-state index contributed by atoms with van der Waals surface area (Å²) < 4.78 is 26.6. The zero-order valence-corrected chi connectivity index (χ0v) is 14.9. The van der Waals surface area contributed by atoms with E-state index in [0.717, 1.165) is 61.1 Å². The first kappa shape index (κ1) is 17.8. The fraction of sp³-hybridized carbons (Fsp3) is 0.333. The van der Waals surface area contributed by atoms with Gasteiger partial charge in [0.25, 0.3) is 5.91 Å². The van der Waals surface area contributed by atoms with Crippen LogP contribution < -0.4 is 5.32 Å². The summed E-state index contributed by atoms with van der Waals surface area (Å²) >= 11 is 7.23. The maximum absolute atomic E-state index is 13.4. The minimum atomic E-state index is -1.14. The van der Waals surface area contributed by atoms with Gasteiger partial charge in [-0.05, 0) is 43.4 Å². The molecule has 1 N–H and O–H groups in total. The number of nitrogens with one attached hydrogen (secondary N) is 1. The Kier molecular flexibility index (Phi) is 5.36. The average Bonchev–Trinajstić information content (AvgIpc) is 2.86. The molecule has 0 spiro atoms. The Bertz CT molecular complexity index is 873. The molecule has 0 unspecified atom stereocenters. The molecule has 1 amide bonds. The van der Waals surface area contributed by atoms with Crippen LogP contribution in [-0.2, 0) is 12.8 Å². The molecule has 3 nitrogen and oxygen atoms in total. The number of nitriles is 1. The number of nitrogens with zero attached hydrogens (tertiary/aromatic N) is 1. The summed E-state index contributed by atoms with van der Waals surface area (Å²) in [6.45, 7) is 0. The number of anilines is 1. The summed E-state index contributed by atoms with van der Waals surface area (Å²) in [6, 6.07) is 3.71. The van der Waals surface area contributed by atoms with Gasteiger partial charge in [-0.15, -0.1) is 11.3 Å². The third-order valence-electron chi connectivity index (χ3n) is 4.26. The number of hydrogen-bond donors (Lipinski definition) is 1. The van der Waals surface area contributed by atoms with E-state index >= 15 is 0 Å². The molecule has 0 saturated heterocycles. The van der Waals surface area contributed by atoms with Crippen LogP contribution in [-0.4, -0.2) is 5.91 Å². The summed E-state index contributed by atoms with van der Waals surface area (Å²) in [4.78, 5) is 13.5. The number of fused-ring (bicyclic) bond motifs is 1. The Morgan fingerprint density at radius 1 is 1.16 bits per heavy atom. The van der Waals surface area contributed by atoms with Crippen LogP contribution in [0.2, 0.25) is 5.02 Å². The molecule has 2 aromatic rings. The number of hydrogen-bond acceptors (Lipinski definition) is 3. The van der Waals surface area contributed by atoms with Crippen molar-refractivity contribution in [2.45, 2.75) is 38.5 Å². The summed E-state index contributed by atoms with van der Waals surface area (Å²) in [6.07, 6.45) is 6.06. The second kappa shape index (κ2) is 7.51. The van der Waals surface area contributed by atoms with Gasteiger partial charge in [0.2, 0.25) is 0 Å². The molecule has 1 aromatic heterocycles. The lowest BCUT2D eigenvalue weighted by atomic mass is 9.97. The monoisotopic (exact) mass is 380 g/mol. The van der Waals surface area contributed by atoms with Crippen molar-refractivity contribution in [2.24, 2.45) is 0 Å². The summed E-state index contributed by atoms with van der Waals surface area (Å²) in [5, 5.41) is 12.4. The van der Waals surface area contributed by atoms with Crippen LogP contribution in [0, 0.1) is 23.0 Å². The summed E-state index contributed by atoms with van der Waals surface area (Å²) in [5.41, 5.74) is 1.30. The molecule has 25 heavy (non-hydrogen) atoms. The first-order valence-corrected chi connectivity index (χ1v) is 9.21.